The minimum Gasteiger partial charge on any atom is -0.478 e. The van der Waals surface area contributed by atoms with E-state index in [1.54, 1.807) is 13.8 Å². The molecule has 1 rings (SSSR count). The highest BCUT2D eigenvalue weighted by molar-refractivity contribution is 7.16. The van der Waals surface area contributed by atoms with Gasteiger partial charge in [-0.15, -0.1) is 11.3 Å². The quantitative estimate of drug-likeness (QED) is 0.631. The summed E-state index contributed by atoms with van der Waals surface area (Å²) >= 11 is 1.20. The zero-order valence-corrected chi connectivity index (χ0v) is 12.3. The molecule has 8 heteroatoms. The SMILES string of the molecule is COCC(O)CNC(=O)Nc1sc(C)c(C)c1C(=O)O. The van der Waals surface area contributed by atoms with E-state index < -0.39 is 18.1 Å². The van der Waals surface area contributed by atoms with Crippen LogP contribution >= 0.6 is 11.3 Å². The van der Waals surface area contributed by atoms with E-state index >= 15 is 0 Å². The second-order valence-electron chi connectivity index (χ2n) is 4.24. The van der Waals surface area contributed by atoms with E-state index in [0.717, 1.165) is 4.88 Å². The number of carboxylic acids is 1. The fourth-order valence-corrected chi connectivity index (χ4v) is 2.63. The molecule has 0 fully saturated rings. The standard InChI is InChI=1S/C12H18N2O5S/c1-6-7(2)20-10(9(6)11(16)17)14-12(18)13-4-8(15)5-19-3/h8,15H,4-5H2,1-3H3,(H,16,17)(H2,13,14,18). The van der Waals surface area contributed by atoms with Crippen molar-refractivity contribution in [1.82, 2.24) is 5.32 Å². The van der Waals surface area contributed by atoms with Gasteiger partial charge in [-0.1, -0.05) is 0 Å². The third-order valence-electron chi connectivity index (χ3n) is 2.68. The molecule has 0 bridgehead atoms. The summed E-state index contributed by atoms with van der Waals surface area (Å²) in [5.41, 5.74) is 0.734. The van der Waals surface area contributed by atoms with Crippen molar-refractivity contribution in [2.45, 2.75) is 20.0 Å². The minimum atomic E-state index is -1.08. The number of ether oxygens (including phenoxy) is 1. The molecular weight excluding hydrogens is 284 g/mol. The van der Waals surface area contributed by atoms with Crippen LogP contribution in [0.4, 0.5) is 9.80 Å². The molecule has 7 nitrogen and oxygen atoms in total. The maximum Gasteiger partial charge on any atom is 0.338 e. The number of aliphatic hydroxyl groups is 1. The minimum absolute atomic E-state index is 0.0193. The van der Waals surface area contributed by atoms with Gasteiger partial charge in [0.15, 0.2) is 0 Å². The molecule has 2 amide bonds. The number of carbonyl (C=O) groups excluding carboxylic acids is 1. The molecule has 1 aromatic heterocycles. The number of aromatic carboxylic acids is 1. The summed E-state index contributed by atoms with van der Waals surface area (Å²) in [6, 6.07) is -0.566. The monoisotopic (exact) mass is 302 g/mol. The normalized spacial score (nSPS) is 12.0. The highest BCUT2D eigenvalue weighted by atomic mass is 32.1. The highest BCUT2D eigenvalue weighted by Crippen LogP contribution is 2.32. The number of methoxy groups -OCH3 is 1. The Kier molecular flexibility index (Phi) is 5.93. The molecule has 0 radical (unpaired) electrons. The topological polar surface area (TPSA) is 108 Å². The number of urea groups is 1. The Balaban J connectivity index is 2.67. The first-order valence-electron chi connectivity index (χ1n) is 5.92. The summed E-state index contributed by atoms with van der Waals surface area (Å²) in [6.07, 6.45) is -0.809. The van der Waals surface area contributed by atoms with E-state index in [1.165, 1.54) is 18.4 Å². The number of rotatable bonds is 6. The highest BCUT2D eigenvalue weighted by Gasteiger charge is 2.20. The van der Waals surface area contributed by atoms with Gasteiger partial charge in [-0.05, 0) is 19.4 Å². The molecule has 4 N–H and O–H groups in total. The Morgan fingerprint density at radius 2 is 2.05 bits per heavy atom. The first kappa shape index (κ1) is 16.4. The van der Waals surface area contributed by atoms with Gasteiger partial charge in [0, 0.05) is 18.5 Å². The van der Waals surface area contributed by atoms with E-state index in [-0.39, 0.29) is 23.7 Å². The first-order valence-corrected chi connectivity index (χ1v) is 6.73. The van der Waals surface area contributed by atoms with Crippen molar-refractivity contribution in [2.75, 3.05) is 25.6 Å². The van der Waals surface area contributed by atoms with Crippen LogP contribution in [0.2, 0.25) is 0 Å². The summed E-state index contributed by atoms with van der Waals surface area (Å²) in [4.78, 5) is 23.7. The molecule has 0 spiro atoms. The van der Waals surface area contributed by atoms with Crippen LogP contribution < -0.4 is 10.6 Å². The van der Waals surface area contributed by atoms with E-state index in [1.807, 2.05) is 0 Å². The van der Waals surface area contributed by atoms with Crippen LogP contribution in [0, 0.1) is 13.8 Å². The fraction of sp³-hybridized carbons (Fsp3) is 0.500. The van der Waals surface area contributed by atoms with E-state index in [0.29, 0.717) is 5.56 Å². The molecule has 1 atom stereocenters. The molecule has 0 aliphatic heterocycles. The number of nitrogens with one attached hydrogen (secondary N) is 2. The molecule has 0 saturated carbocycles. The van der Waals surface area contributed by atoms with Gasteiger partial charge >= 0.3 is 12.0 Å². The Labute approximate surface area is 120 Å². The van der Waals surface area contributed by atoms with E-state index in [2.05, 4.69) is 10.6 Å². The average molecular weight is 302 g/mol. The molecule has 1 unspecified atom stereocenters. The number of aryl methyl sites for hydroxylation is 1. The van der Waals surface area contributed by atoms with E-state index in [4.69, 9.17) is 9.84 Å². The summed E-state index contributed by atoms with van der Waals surface area (Å²) < 4.78 is 4.73. The van der Waals surface area contributed by atoms with Crippen LogP contribution in [-0.2, 0) is 4.74 Å². The molecule has 1 heterocycles. The lowest BCUT2D eigenvalue weighted by Crippen LogP contribution is -2.37. The number of carboxylic acid groups (broad SMARTS) is 1. The second-order valence-corrected chi connectivity index (χ2v) is 5.46. The number of aliphatic hydroxyl groups excluding tert-OH is 1. The Morgan fingerprint density at radius 1 is 1.40 bits per heavy atom. The number of amides is 2. The van der Waals surface area contributed by atoms with Gasteiger partial charge in [-0.25, -0.2) is 9.59 Å². The number of thiophene rings is 1. The van der Waals surface area contributed by atoms with Crippen LogP contribution in [0.15, 0.2) is 0 Å². The lowest BCUT2D eigenvalue weighted by atomic mass is 10.1. The maximum atomic E-state index is 11.7. The zero-order valence-electron chi connectivity index (χ0n) is 11.5. The van der Waals surface area contributed by atoms with Crippen molar-refractivity contribution in [3.05, 3.63) is 16.0 Å². The van der Waals surface area contributed by atoms with E-state index in [9.17, 15) is 14.7 Å². The van der Waals surface area contributed by atoms with Crippen molar-refractivity contribution in [3.8, 4) is 0 Å². The maximum absolute atomic E-state index is 11.7. The molecule has 0 aliphatic rings. The van der Waals surface area contributed by atoms with Crippen LogP contribution in [0.1, 0.15) is 20.8 Å². The Morgan fingerprint density at radius 3 is 2.60 bits per heavy atom. The lowest BCUT2D eigenvalue weighted by molar-refractivity contribution is 0.0663. The average Bonchev–Trinajstić information content (AvgIpc) is 2.62. The smallest absolute Gasteiger partial charge is 0.338 e. The van der Waals surface area contributed by atoms with Crippen LogP contribution in [0.25, 0.3) is 0 Å². The van der Waals surface area contributed by atoms with Gasteiger partial charge < -0.3 is 20.3 Å². The summed E-state index contributed by atoms with van der Waals surface area (Å²) in [5, 5.41) is 23.7. The third kappa shape index (κ3) is 4.19. The predicted octanol–water partition coefficient (Wildman–Crippen LogP) is 1.19. The van der Waals surface area contributed by atoms with Crippen molar-refractivity contribution in [2.24, 2.45) is 0 Å². The van der Waals surface area contributed by atoms with Crippen LogP contribution in [0.5, 0.6) is 0 Å². The second kappa shape index (κ2) is 7.22. The number of carbonyl (C=O) groups is 2. The van der Waals surface area contributed by atoms with Gasteiger partial charge in [-0.2, -0.15) is 0 Å². The molecule has 20 heavy (non-hydrogen) atoms. The molecule has 0 saturated heterocycles. The Bertz CT molecular complexity index is 500. The summed E-state index contributed by atoms with van der Waals surface area (Å²) in [6.45, 7) is 3.61. The number of hydrogen-bond donors (Lipinski definition) is 4. The Hall–Kier alpha value is -1.64. The van der Waals surface area contributed by atoms with Gasteiger partial charge in [0.1, 0.15) is 5.00 Å². The summed E-state index contributed by atoms with van der Waals surface area (Å²) in [7, 11) is 1.44. The molecule has 1 aromatic rings. The summed E-state index contributed by atoms with van der Waals surface area (Å²) in [5.74, 6) is -1.08. The largest absolute Gasteiger partial charge is 0.478 e. The van der Waals surface area contributed by atoms with Gasteiger partial charge in [0.25, 0.3) is 0 Å². The van der Waals surface area contributed by atoms with Gasteiger partial charge in [0.2, 0.25) is 0 Å². The zero-order chi connectivity index (χ0) is 15.3. The number of hydrogen-bond acceptors (Lipinski definition) is 5. The van der Waals surface area contributed by atoms with Crippen molar-refractivity contribution in [3.63, 3.8) is 0 Å². The van der Waals surface area contributed by atoms with Crippen LogP contribution in [0.3, 0.4) is 0 Å². The van der Waals surface area contributed by atoms with Crippen LogP contribution in [-0.4, -0.2) is 48.6 Å². The van der Waals surface area contributed by atoms with Crippen molar-refractivity contribution in [1.29, 1.82) is 0 Å². The van der Waals surface area contributed by atoms with Crippen molar-refractivity contribution < 1.29 is 24.5 Å². The van der Waals surface area contributed by atoms with Gasteiger partial charge in [0.05, 0.1) is 18.3 Å². The molecule has 0 aliphatic carbocycles. The molecule has 112 valence electrons. The van der Waals surface area contributed by atoms with Crippen molar-refractivity contribution >= 4 is 28.3 Å². The first-order chi connectivity index (χ1) is 9.36. The predicted molar refractivity (Wildman–Crippen MR) is 75.7 cm³/mol. The van der Waals surface area contributed by atoms with Gasteiger partial charge in [-0.3, -0.25) is 5.32 Å². The molecule has 0 aromatic carbocycles. The number of anilines is 1. The lowest BCUT2D eigenvalue weighted by Gasteiger charge is -2.11. The fourth-order valence-electron chi connectivity index (χ4n) is 1.58. The molecular formula is C12H18N2O5S. The third-order valence-corrected chi connectivity index (χ3v) is 3.81.